The number of benzene rings is 1. The van der Waals surface area contributed by atoms with Crippen LogP contribution in [0.4, 0.5) is 5.82 Å². The Morgan fingerprint density at radius 1 is 1.19 bits per heavy atom. The Morgan fingerprint density at radius 3 is 3.10 bits per heavy atom. The lowest BCUT2D eigenvalue weighted by Crippen LogP contribution is -2.44. The molecule has 4 heterocycles. The van der Waals surface area contributed by atoms with Gasteiger partial charge in [0.2, 0.25) is 12.7 Å². The highest BCUT2D eigenvalue weighted by Gasteiger charge is 2.31. The molecule has 9 nitrogen and oxygen atoms in total. The molecule has 3 aromatic rings. The van der Waals surface area contributed by atoms with Crippen LogP contribution in [0.3, 0.4) is 0 Å². The summed E-state index contributed by atoms with van der Waals surface area (Å²) in [6, 6.07) is 5.78. The van der Waals surface area contributed by atoms with E-state index in [2.05, 4.69) is 25.3 Å². The first-order valence-electron chi connectivity index (χ1n) is 10.9. The standard InChI is InChI=1S/C22H24N6O3/c29-20(23-10-14-6-7-18-19(9-14)31-13-30-18)15-3-2-8-27(11-15)21-16-4-1-5-17(16)26-22-24-12-25-28(21)22/h6-7,9,12,15H,1-5,8,10-11,13H2,(H,23,29)/t15-/m0/s1. The molecule has 1 fully saturated rings. The molecule has 0 spiro atoms. The molecule has 3 aliphatic rings. The summed E-state index contributed by atoms with van der Waals surface area (Å²) in [5.41, 5.74) is 3.39. The molecular weight excluding hydrogens is 396 g/mol. The zero-order valence-corrected chi connectivity index (χ0v) is 17.2. The van der Waals surface area contributed by atoms with Gasteiger partial charge in [-0.15, -0.1) is 0 Å². The number of carbonyl (C=O) groups excluding carboxylic acids is 1. The van der Waals surface area contributed by atoms with Gasteiger partial charge in [0.25, 0.3) is 5.78 Å². The van der Waals surface area contributed by atoms with Gasteiger partial charge in [0, 0.05) is 25.2 Å². The van der Waals surface area contributed by atoms with Crippen molar-refractivity contribution in [3.63, 3.8) is 0 Å². The Hall–Kier alpha value is -3.36. The Labute approximate surface area is 179 Å². The van der Waals surface area contributed by atoms with Crippen molar-refractivity contribution in [2.45, 2.75) is 38.6 Å². The number of carbonyl (C=O) groups is 1. The Balaban J connectivity index is 1.18. The molecule has 1 aromatic carbocycles. The first kappa shape index (κ1) is 18.4. The summed E-state index contributed by atoms with van der Waals surface area (Å²) in [4.78, 5) is 24.3. The maximum atomic E-state index is 13.0. The van der Waals surface area contributed by atoms with Gasteiger partial charge >= 0.3 is 0 Å². The van der Waals surface area contributed by atoms with Crippen molar-refractivity contribution in [3.05, 3.63) is 41.3 Å². The smallest absolute Gasteiger partial charge is 0.254 e. The molecule has 0 bridgehead atoms. The van der Waals surface area contributed by atoms with E-state index in [1.54, 1.807) is 6.33 Å². The summed E-state index contributed by atoms with van der Waals surface area (Å²) in [5.74, 6) is 3.23. The minimum absolute atomic E-state index is 0.0634. The number of anilines is 1. The molecule has 1 aliphatic carbocycles. The highest BCUT2D eigenvalue weighted by atomic mass is 16.7. The van der Waals surface area contributed by atoms with Gasteiger partial charge in [0.05, 0.1) is 11.6 Å². The number of aryl methyl sites for hydroxylation is 1. The van der Waals surface area contributed by atoms with Gasteiger partial charge in [-0.3, -0.25) is 4.79 Å². The van der Waals surface area contributed by atoms with E-state index in [4.69, 9.17) is 9.47 Å². The van der Waals surface area contributed by atoms with E-state index in [1.807, 2.05) is 22.7 Å². The predicted octanol–water partition coefficient (Wildman–Crippen LogP) is 1.87. The van der Waals surface area contributed by atoms with Gasteiger partial charge in [0.1, 0.15) is 12.1 Å². The maximum Gasteiger partial charge on any atom is 0.254 e. The van der Waals surface area contributed by atoms with Crippen molar-refractivity contribution in [2.75, 3.05) is 24.8 Å². The first-order chi connectivity index (χ1) is 15.3. The van der Waals surface area contributed by atoms with E-state index in [0.29, 0.717) is 18.9 Å². The molecule has 9 heteroatoms. The van der Waals surface area contributed by atoms with Crippen LogP contribution in [-0.4, -0.2) is 45.4 Å². The van der Waals surface area contributed by atoms with Crippen LogP contribution in [0.1, 0.15) is 36.1 Å². The van der Waals surface area contributed by atoms with Gasteiger partial charge in [-0.2, -0.15) is 14.6 Å². The Bertz CT molecular complexity index is 1160. The number of nitrogens with zero attached hydrogens (tertiary/aromatic N) is 5. The minimum atomic E-state index is -0.0634. The molecule has 1 saturated heterocycles. The Morgan fingerprint density at radius 2 is 2.13 bits per heavy atom. The number of ether oxygens (including phenoxy) is 2. The van der Waals surface area contributed by atoms with Crippen molar-refractivity contribution in [1.82, 2.24) is 24.9 Å². The molecular formula is C22H24N6O3. The monoisotopic (exact) mass is 420 g/mol. The van der Waals surface area contributed by atoms with Crippen LogP contribution in [0.15, 0.2) is 24.5 Å². The lowest BCUT2D eigenvalue weighted by molar-refractivity contribution is -0.125. The third kappa shape index (κ3) is 3.24. The molecule has 6 rings (SSSR count). The van der Waals surface area contributed by atoms with Crippen LogP contribution < -0.4 is 19.7 Å². The van der Waals surface area contributed by atoms with Crippen LogP contribution in [-0.2, 0) is 24.2 Å². The minimum Gasteiger partial charge on any atom is -0.454 e. The summed E-state index contributed by atoms with van der Waals surface area (Å²) in [6.45, 7) is 2.32. The predicted molar refractivity (Wildman–Crippen MR) is 112 cm³/mol. The van der Waals surface area contributed by atoms with Gasteiger partial charge in [-0.25, -0.2) is 4.98 Å². The number of fused-ring (bicyclic) bond motifs is 3. The van der Waals surface area contributed by atoms with Crippen molar-refractivity contribution in [1.29, 1.82) is 0 Å². The van der Waals surface area contributed by atoms with Crippen molar-refractivity contribution >= 4 is 17.5 Å². The second-order valence-corrected chi connectivity index (χ2v) is 8.38. The third-order valence-corrected chi connectivity index (χ3v) is 6.42. The van der Waals surface area contributed by atoms with Gasteiger partial charge in [-0.05, 0) is 49.8 Å². The number of hydrogen-bond acceptors (Lipinski definition) is 7. The number of hydrogen-bond donors (Lipinski definition) is 1. The fourth-order valence-corrected chi connectivity index (χ4v) is 4.89. The third-order valence-electron chi connectivity index (χ3n) is 6.42. The number of piperidine rings is 1. The summed E-state index contributed by atoms with van der Waals surface area (Å²) in [7, 11) is 0. The summed E-state index contributed by atoms with van der Waals surface area (Å²) in [5, 5.41) is 7.53. The van der Waals surface area contributed by atoms with E-state index in [9.17, 15) is 4.79 Å². The number of rotatable bonds is 4. The van der Waals surface area contributed by atoms with Crippen LogP contribution >= 0.6 is 0 Å². The van der Waals surface area contributed by atoms with Crippen molar-refractivity contribution in [3.8, 4) is 11.5 Å². The lowest BCUT2D eigenvalue weighted by Gasteiger charge is -2.34. The van der Waals surface area contributed by atoms with Crippen molar-refractivity contribution in [2.24, 2.45) is 5.92 Å². The van der Waals surface area contributed by atoms with Gasteiger partial charge in [-0.1, -0.05) is 6.07 Å². The maximum absolute atomic E-state index is 13.0. The summed E-state index contributed by atoms with van der Waals surface area (Å²) in [6.07, 6.45) is 6.51. The van der Waals surface area contributed by atoms with Crippen LogP contribution in [0.2, 0.25) is 0 Å². The van der Waals surface area contributed by atoms with Crippen LogP contribution in [0, 0.1) is 5.92 Å². The fourth-order valence-electron chi connectivity index (χ4n) is 4.89. The second-order valence-electron chi connectivity index (χ2n) is 8.38. The highest BCUT2D eigenvalue weighted by molar-refractivity contribution is 5.79. The van der Waals surface area contributed by atoms with E-state index in [-0.39, 0.29) is 18.6 Å². The van der Waals surface area contributed by atoms with Crippen molar-refractivity contribution < 1.29 is 14.3 Å². The molecule has 0 radical (unpaired) electrons. The van der Waals surface area contributed by atoms with E-state index < -0.39 is 0 Å². The summed E-state index contributed by atoms with van der Waals surface area (Å²) < 4.78 is 12.6. The van der Waals surface area contributed by atoms with Crippen LogP contribution in [0.5, 0.6) is 11.5 Å². The molecule has 160 valence electrons. The summed E-state index contributed by atoms with van der Waals surface area (Å²) >= 11 is 0. The van der Waals surface area contributed by atoms with Gasteiger partial charge in [0.15, 0.2) is 11.5 Å². The quantitative estimate of drug-likeness (QED) is 0.689. The number of nitrogens with one attached hydrogen (secondary N) is 1. The second kappa shape index (κ2) is 7.40. The van der Waals surface area contributed by atoms with E-state index >= 15 is 0 Å². The zero-order chi connectivity index (χ0) is 20.8. The van der Waals surface area contributed by atoms with E-state index in [0.717, 1.165) is 67.2 Å². The molecule has 31 heavy (non-hydrogen) atoms. The van der Waals surface area contributed by atoms with Gasteiger partial charge < -0.3 is 19.7 Å². The van der Waals surface area contributed by atoms with E-state index in [1.165, 1.54) is 5.56 Å². The fraction of sp³-hybridized carbons (Fsp3) is 0.455. The average molecular weight is 420 g/mol. The van der Waals surface area contributed by atoms with Crippen LogP contribution in [0.25, 0.3) is 5.78 Å². The topological polar surface area (TPSA) is 93.9 Å². The zero-order valence-electron chi connectivity index (χ0n) is 17.2. The highest BCUT2D eigenvalue weighted by Crippen LogP contribution is 2.34. The molecule has 0 saturated carbocycles. The first-order valence-corrected chi connectivity index (χ1v) is 10.9. The molecule has 1 N–H and O–H groups in total. The Kier molecular flexibility index (Phi) is 4.40. The largest absolute Gasteiger partial charge is 0.454 e. The molecule has 1 atom stereocenters. The molecule has 2 aromatic heterocycles. The molecule has 2 aliphatic heterocycles. The number of amides is 1. The average Bonchev–Trinajstić information content (AvgIpc) is 3.55. The normalized spacial score (nSPS) is 19.6. The lowest BCUT2D eigenvalue weighted by atomic mass is 9.96. The molecule has 1 amide bonds. The number of aromatic nitrogens is 4. The molecule has 0 unspecified atom stereocenters. The SMILES string of the molecule is O=C(NCc1ccc2c(c1)OCO2)[C@H]1CCCN(c2c3c(nc4ncnn24)CCC3)C1.